The molecule has 1 aromatic carbocycles. The molecule has 6 heteroatoms. The summed E-state index contributed by atoms with van der Waals surface area (Å²) in [7, 11) is 0. The Morgan fingerprint density at radius 2 is 2.15 bits per heavy atom. The highest BCUT2D eigenvalue weighted by Crippen LogP contribution is 2.13. The summed E-state index contributed by atoms with van der Waals surface area (Å²) in [5.41, 5.74) is 1.96. The predicted molar refractivity (Wildman–Crippen MR) is 105 cm³/mol. The monoisotopic (exact) mass is 360 g/mol. The summed E-state index contributed by atoms with van der Waals surface area (Å²) in [4.78, 5) is 18.9. The van der Waals surface area contributed by atoms with Crippen LogP contribution in [0.2, 0.25) is 0 Å². The van der Waals surface area contributed by atoms with Crippen LogP contribution in [-0.4, -0.2) is 48.2 Å². The molecule has 1 saturated heterocycles. The highest BCUT2D eigenvalue weighted by atomic mass is 16.6. The molecular weight excluding hydrogens is 328 g/mol. The Kier molecular flexibility index (Phi) is 6.89. The van der Waals surface area contributed by atoms with Crippen LogP contribution in [0, 0.1) is 6.92 Å². The van der Waals surface area contributed by atoms with Gasteiger partial charge in [-0.2, -0.15) is 0 Å². The van der Waals surface area contributed by atoms with Crippen LogP contribution in [0.1, 0.15) is 45.2 Å². The zero-order valence-corrected chi connectivity index (χ0v) is 16.6. The van der Waals surface area contributed by atoms with Gasteiger partial charge in [0, 0.05) is 19.6 Å². The van der Waals surface area contributed by atoms with Gasteiger partial charge in [0.15, 0.2) is 5.96 Å². The third-order valence-corrected chi connectivity index (χ3v) is 4.04. The fourth-order valence-corrected chi connectivity index (χ4v) is 2.95. The van der Waals surface area contributed by atoms with Crippen LogP contribution in [0.5, 0.6) is 0 Å². The highest BCUT2D eigenvalue weighted by Gasteiger charge is 2.27. The van der Waals surface area contributed by atoms with Gasteiger partial charge in [-0.15, -0.1) is 0 Å². The minimum atomic E-state index is -0.480. The molecule has 1 fully saturated rings. The summed E-state index contributed by atoms with van der Waals surface area (Å²) >= 11 is 0. The van der Waals surface area contributed by atoms with E-state index in [0.29, 0.717) is 6.54 Å². The van der Waals surface area contributed by atoms with Crippen molar-refractivity contribution in [1.29, 1.82) is 0 Å². The fraction of sp³-hybridized carbons (Fsp3) is 0.600. The first-order valence-electron chi connectivity index (χ1n) is 9.35. The number of rotatable bonds is 4. The Bertz CT molecular complexity index is 637. The molecule has 1 aliphatic heterocycles. The molecule has 2 rings (SSSR count). The number of nitrogens with one attached hydrogen (secondary N) is 2. The summed E-state index contributed by atoms with van der Waals surface area (Å²) in [6, 6.07) is 8.48. The number of aryl methyl sites for hydroxylation is 1. The number of nitrogens with zero attached hydrogens (tertiary/aromatic N) is 2. The Morgan fingerprint density at radius 1 is 1.38 bits per heavy atom. The van der Waals surface area contributed by atoms with Crippen LogP contribution in [0.15, 0.2) is 29.3 Å². The van der Waals surface area contributed by atoms with Gasteiger partial charge < -0.3 is 20.3 Å². The molecule has 144 valence electrons. The van der Waals surface area contributed by atoms with E-state index < -0.39 is 5.60 Å². The Balaban J connectivity index is 1.94. The van der Waals surface area contributed by atoms with Crippen molar-refractivity contribution in [2.45, 2.75) is 59.2 Å². The molecule has 6 nitrogen and oxygen atoms in total. The minimum Gasteiger partial charge on any atom is -0.444 e. The van der Waals surface area contributed by atoms with E-state index in [-0.39, 0.29) is 12.1 Å². The lowest BCUT2D eigenvalue weighted by atomic mass is 10.1. The standard InChI is InChI=1S/C20H32N4O2/c1-6-21-18(22-13-16-9-7-8-15(2)12-16)24-11-10-17(14-24)23-19(25)26-20(3,4)5/h7-9,12,17H,6,10-11,13-14H2,1-5H3,(H,21,22)(H,23,25). The molecule has 1 atom stereocenters. The smallest absolute Gasteiger partial charge is 0.407 e. The van der Waals surface area contributed by atoms with E-state index >= 15 is 0 Å². The van der Waals surface area contributed by atoms with Crippen molar-refractivity contribution in [3.63, 3.8) is 0 Å². The summed E-state index contributed by atoms with van der Waals surface area (Å²) in [6.07, 6.45) is 0.528. The van der Waals surface area contributed by atoms with Gasteiger partial charge in [0.25, 0.3) is 0 Å². The van der Waals surface area contributed by atoms with Gasteiger partial charge in [-0.1, -0.05) is 29.8 Å². The Labute approximate surface area is 157 Å². The lowest BCUT2D eigenvalue weighted by Crippen LogP contribution is -2.44. The number of alkyl carbamates (subject to hydrolysis) is 1. The number of guanidine groups is 1. The second-order valence-corrected chi connectivity index (χ2v) is 7.74. The van der Waals surface area contributed by atoms with Crippen molar-refractivity contribution in [1.82, 2.24) is 15.5 Å². The van der Waals surface area contributed by atoms with Gasteiger partial charge in [0.2, 0.25) is 0 Å². The fourth-order valence-electron chi connectivity index (χ4n) is 2.95. The number of hydrogen-bond acceptors (Lipinski definition) is 3. The van der Waals surface area contributed by atoms with E-state index in [4.69, 9.17) is 9.73 Å². The van der Waals surface area contributed by atoms with E-state index in [9.17, 15) is 4.79 Å². The van der Waals surface area contributed by atoms with Crippen molar-refractivity contribution >= 4 is 12.1 Å². The number of hydrogen-bond donors (Lipinski definition) is 2. The van der Waals surface area contributed by atoms with E-state index in [1.807, 2.05) is 20.8 Å². The van der Waals surface area contributed by atoms with Gasteiger partial charge in [0.1, 0.15) is 5.60 Å². The van der Waals surface area contributed by atoms with Crippen LogP contribution in [-0.2, 0) is 11.3 Å². The number of carbonyl (C=O) groups is 1. The van der Waals surface area contributed by atoms with Gasteiger partial charge >= 0.3 is 6.09 Å². The van der Waals surface area contributed by atoms with Crippen LogP contribution in [0.3, 0.4) is 0 Å². The molecule has 1 heterocycles. The molecule has 1 aliphatic rings. The van der Waals surface area contributed by atoms with Crippen molar-refractivity contribution < 1.29 is 9.53 Å². The number of carbonyl (C=O) groups excluding carboxylic acids is 1. The van der Waals surface area contributed by atoms with Gasteiger partial charge in [-0.25, -0.2) is 9.79 Å². The molecule has 1 amide bonds. The molecule has 0 radical (unpaired) electrons. The number of likely N-dealkylation sites (tertiary alicyclic amines) is 1. The second-order valence-electron chi connectivity index (χ2n) is 7.74. The summed E-state index contributed by atoms with van der Waals surface area (Å²) < 4.78 is 5.34. The van der Waals surface area contributed by atoms with Gasteiger partial charge in [-0.3, -0.25) is 0 Å². The lowest BCUT2D eigenvalue weighted by molar-refractivity contribution is 0.0507. The van der Waals surface area contributed by atoms with Gasteiger partial charge in [0.05, 0.1) is 12.6 Å². The minimum absolute atomic E-state index is 0.0766. The van der Waals surface area contributed by atoms with Crippen molar-refractivity contribution in [3.8, 4) is 0 Å². The topological polar surface area (TPSA) is 66.0 Å². The van der Waals surface area contributed by atoms with Gasteiger partial charge in [-0.05, 0) is 46.6 Å². The summed E-state index contributed by atoms with van der Waals surface area (Å²) in [5, 5.41) is 6.31. The third kappa shape index (κ3) is 6.58. The largest absolute Gasteiger partial charge is 0.444 e. The molecule has 1 aromatic rings. The first-order valence-corrected chi connectivity index (χ1v) is 9.35. The maximum atomic E-state index is 12.0. The SMILES string of the molecule is CCNC(=NCc1cccc(C)c1)N1CCC(NC(=O)OC(C)(C)C)C1. The van der Waals surface area contributed by atoms with E-state index in [1.165, 1.54) is 11.1 Å². The van der Waals surface area contributed by atoms with E-state index in [0.717, 1.165) is 32.0 Å². The number of benzene rings is 1. The second kappa shape index (κ2) is 8.92. The van der Waals surface area contributed by atoms with Crippen molar-refractivity contribution in [3.05, 3.63) is 35.4 Å². The molecule has 0 aliphatic carbocycles. The Hall–Kier alpha value is -2.24. The molecule has 1 unspecified atom stereocenters. The average molecular weight is 361 g/mol. The molecule has 0 aromatic heterocycles. The lowest BCUT2D eigenvalue weighted by Gasteiger charge is -2.23. The van der Waals surface area contributed by atoms with Crippen LogP contribution in [0.25, 0.3) is 0 Å². The van der Waals surface area contributed by atoms with Crippen molar-refractivity contribution in [2.75, 3.05) is 19.6 Å². The molecule has 0 spiro atoms. The first-order chi connectivity index (χ1) is 12.3. The number of amides is 1. The molecule has 2 N–H and O–H groups in total. The van der Waals surface area contributed by atoms with Crippen molar-refractivity contribution in [2.24, 2.45) is 4.99 Å². The molecular formula is C20H32N4O2. The van der Waals surface area contributed by atoms with Crippen LogP contribution >= 0.6 is 0 Å². The maximum absolute atomic E-state index is 12.0. The van der Waals surface area contributed by atoms with E-state index in [1.54, 1.807) is 0 Å². The van der Waals surface area contributed by atoms with Crippen LogP contribution < -0.4 is 10.6 Å². The number of aliphatic imine (C=N–C) groups is 1. The first kappa shape index (κ1) is 20.1. The zero-order chi connectivity index (χ0) is 19.2. The van der Waals surface area contributed by atoms with E-state index in [2.05, 4.69) is 53.6 Å². The predicted octanol–water partition coefficient (Wildman–Crippen LogP) is 3.06. The number of ether oxygens (including phenoxy) is 1. The normalized spacial score (nSPS) is 18.0. The zero-order valence-electron chi connectivity index (χ0n) is 16.6. The quantitative estimate of drug-likeness (QED) is 0.640. The molecule has 0 bridgehead atoms. The molecule has 0 saturated carbocycles. The van der Waals surface area contributed by atoms with Crippen LogP contribution in [0.4, 0.5) is 4.79 Å². The average Bonchev–Trinajstić information content (AvgIpc) is 2.97. The summed E-state index contributed by atoms with van der Waals surface area (Å²) in [6.45, 7) is 12.8. The highest BCUT2D eigenvalue weighted by molar-refractivity contribution is 5.80. The summed E-state index contributed by atoms with van der Waals surface area (Å²) in [5.74, 6) is 0.891. The third-order valence-electron chi connectivity index (χ3n) is 4.04. The Morgan fingerprint density at radius 3 is 2.81 bits per heavy atom. The molecule has 26 heavy (non-hydrogen) atoms. The maximum Gasteiger partial charge on any atom is 0.407 e.